The maximum absolute atomic E-state index is 12.2. The highest BCUT2D eigenvalue weighted by atomic mass is 35.5. The Balaban J connectivity index is 1.63. The molecule has 0 bridgehead atoms. The van der Waals surface area contributed by atoms with E-state index in [-0.39, 0.29) is 22.8 Å². The average molecular weight is 414 g/mol. The van der Waals surface area contributed by atoms with Crippen LogP contribution in [0, 0.1) is 13.8 Å². The summed E-state index contributed by atoms with van der Waals surface area (Å²) in [4.78, 5) is 36.5. The van der Waals surface area contributed by atoms with Gasteiger partial charge in [0, 0.05) is 11.1 Å². The number of amides is 1. The number of fused-ring (bicyclic) bond motifs is 1. The minimum Gasteiger partial charge on any atom is -0.450 e. The molecule has 0 aliphatic rings. The van der Waals surface area contributed by atoms with Gasteiger partial charge in [-0.15, -0.1) is 0 Å². The Morgan fingerprint density at radius 1 is 1.10 bits per heavy atom. The van der Waals surface area contributed by atoms with Crippen LogP contribution in [0.25, 0.3) is 11.0 Å². The number of ether oxygens (including phenoxy) is 1. The quantitative estimate of drug-likeness (QED) is 0.636. The molecule has 1 N–H and O–H groups in total. The van der Waals surface area contributed by atoms with Crippen molar-refractivity contribution in [2.45, 2.75) is 26.8 Å². The summed E-state index contributed by atoms with van der Waals surface area (Å²) in [6.07, 6.45) is 0. The number of esters is 1. The molecule has 3 rings (SSSR count). The van der Waals surface area contributed by atoms with Gasteiger partial charge in [0.1, 0.15) is 5.58 Å². The van der Waals surface area contributed by atoms with Crippen LogP contribution in [-0.4, -0.2) is 18.5 Å². The molecule has 29 heavy (non-hydrogen) atoms. The fourth-order valence-electron chi connectivity index (χ4n) is 2.83. The molecule has 2 aromatic carbocycles. The van der Waals surface area contributed by atoms with E-state index in [9.17, 15) is 14.4 Å². The molecular formula is C22H20ClNO5. The fraction of sp³-hybridized carbons (Fsp3) is 0.227. The van der Waals surface area contributed by atoms with Crippen molar-refractivity contribution in [2.75, 3.05) is 6.61 Å². The van der Waals surface area contributed by atoms with Gasteiger partial charge in [-0.25, -0.2) is 4.79 Å². The molecule has 6 nitrogen and oxygen atoms in total. The van der Waals surface area contributed by atoms with E-state index in [0.29, 0.717) is 5.02 Å². The smallest absolute Gasteiger partial charge is 0.374 e. The number of rotatable bonds is 5. The third-order valence-corrected chi connectivity index (χ3v) is 4.87. The third-order valence-electron chi connectivity index (χ3n) is 4.63. The summed E-state index contributed by atoms with van der Waals surface area (Å²) in [5.74, 6) is -1.63. The zero-order valence-corrected chi connectivity index (χ0v) is 17.0. The van der Waals surface area contributed by atoms with E-state index in [1.165, 1.54) is 17.7 Å². The first kappa shape index (κ1) is 20.6. The van der Waals surface area contributed by atoms with Gasteiger partial charge >= 0.3 is 5.97 Å². The highest BCUT2D eigenvalue weighted by molar-refractivity contribution is 6.31. The second kappa shape index (κ2) is 8.49. The van der Waals surface area contributed by atoms with Crippen molar-refractivity contribution < 1.29 is 18.7 Å². The van der Waals surface area contributed by atoms with Crippen LogP contribution in [0.15, 0.2) is 51.7 Å². The van der Waals surface area contributed by atoms with E-state index < -0.39 is 23.9 Å². The Kier molecular flexibility index (Phi) is 6.03. The molecule has 0 saturated heterocycles. The summed E-state index contributed by atoms with van der Waals surface area (Å²) in [5, 5.41) is 3.42. The topological polar surface area (TPSA) is 85.6 Å². The summed E-state index contributed by atoms with van der Waals surface area (Å²) < 4.78 is 10.4. The minimum absolute atomic E-state index is 0.210. The van der Waals surface area contributed by atoms with Gasteiger partial charge in [0.25, 0.3) is 5.91 Å². The number of nitrogens with one attached hydrogen (secondary N) is 1. The summed E-state index contributed by atoms with van der Waals surface area (Å²) in [5.41, 5.74) is 3.03. The van der Waals surface area contributed by atoms with Gasteiger partial charge in [0.15, 0.2) is 12.0 Å². The molecule has 0 spiro atoms. The van der Waals surface area contributed by atoms with E-state index in [2.05, 4.69) is 5.32 Å². The maximum atomic E-state index is 12.2. The van der Waals surface area contributed by atoms with Crippen LogP contribution in [0.2, 0.25) is 5.02 Å². The maximum Gasteiger partial charge on any atom is 0.374 e. The van der Waals surface area contributed by atoms with Crippen molar-refractivity contribution >= 4 is 34.4 Å². The number of carbonyl (C=O) groups excluding carboxylic acids is 2. The Morgan fingerprint density at radius 2 is 1.86 bits per heavy atom. The molecule has 0 aliphatic heterocycles. The molecule has 0 fully saturated rings. The van der Waals surface area contributed by atoms with E-state index >= 15 is 0 Å². The Labute approximate surface area is 172 Å². The van der Waals surface area contributed by atoms with Crippen molar-refractivity contribution in [3.63, 3.8) is 0 Å². The van der Waals surface area contributed by atoms with Gasteiger partial charge in [-0.3, -0.25) is 9.59 Å². The zero-order valence-electron chi connectivity index (χ0n) is 16.2. The van der Waals surface area contributed by atoms with E-state index in [1.807, 2.05) is 39.0 Å². The number of hydrogen-bond donors (Lipinski definition) is 1. The van der Waals surface area contributed by atoms with Gasteiger partial charge in [0.2, 0.25) is 5.76 Å². The summed E-state index contributed by atoms with van der Waals surface area (Å²) in [6.45, 7) is 5.37. The number of benzene rings is 2. The number of halogens is 1. The number of aryl methyl sites for hydroxylation is 2. The normalized spacial score (nSPS) is 11.9. The van der Waals surface area contributed by atoms with Crippen LogP contribution < -0.4 is 10.7 Å². The summed E-state index contributed by atoms with van der Waals surface area (Å²) in [7, 11) is 0. The molecule has 3 aromatic rings. The van der Waals surface area contributed by atoms with E-state index in [0.717, 1.165) is 17.2 Å². The predicted octanol–water partition coefficient (Wildman–Crippen LogP) is 4.10. The summed E-state index contributed by atoms with van der Waals surface area (Å²) >= 11 is 5.86. The van der Waals surface area contributed by atoms with Crippen LogP contribution >= 0.6 is 11.6 Å². The van der Waals surface area contributed by atoms with Crippen LogP contribution in [0.1, 0.15) is 40.2 Å². The van der Waals surface area contributed by atoms with Crippen molar-refractivity contribution in [1.29, 1.82) is 0 Å². The van der Waals surface area contributed by atoms with Gasteiger partial charge < -0.3 is 14.5 Å². The van der Waals surface area contributed by atoms with E-state index in [4.69, 9.17) is 20.8 Å². The Hall–Kier alpha value is -3.12. The molecule has 150 valence electrons. The number of carbonyl (C=O) groups is 2. The lowest BCUT2D eigenvalue weighted by molar-refractivity contribution is -0.124. The lowest BCUT2D eigenvalue weighted by atomic mass is 10.0. The molecule has 7 heteroatoms. The van der Waals surface area contributed by atoms with Gasteiger partial charge in [-0.05, 0) is 55.7 Å². The first-order valence-corrected chi connectivity index (χ1v) is 9.39. The zero-order chi connectivity index (χ0) is 21.1. The molecule has 0 saturated carbocycles. The second-order valence-corrected chi connectivity index (χ2v) is 7.26. The molecule has 1 aromatic heterocycles. The molecule has 0 radical (unpaired) electrons. The van der Waals surface area contributed by atoms with Gasteiger partial charge in [0.05, 0.1) is 11.4 Å². The van der Waals surface area contributed by atoms with Crippen molar-refractivity contribution in [3.8, 4) is 0 Å². The fourth-order valence-corrected chi connectivity index (χ4v) is 3.00. The first-order valence-electron chi connectivity index (χ1n) is 9.01. The monoisotopic (exact) mass is 413 g/mol. The Bertz CT molecular complexity index is 1150. The van der Waals surface area contributed by atoms with E-state index in [1.54, 1.807) is 6.07 Å². The molecule has 0 aliphatic carbocycles. The highest BCUT2D eigenvalue weighted by Gasteiger charge is 2.17. The lowest BCUT2D eigenvalue weighted by Crippen LogP contribution is -2.31. The van der Waals surface area contributed by atoms with Crippen molar-refractivity contribution in [2.24, 2.45) is 0 Å². The highest BCUT2D eigenvalue weighted by Crippen LogP contribution is 2.18. The molecule has 1 amide bonds. The van der Waals surface area contributed by atoms with Crippen LogP contribution in [0.5, 0.6) is 0 Å². The largest absolute Gasteiger partial charge is 0.450 e. The van der Waals surface area contributed by atoms with Crippen LogP contribution in [0.3, 0.4) is 0 Å². The number of hydrogen-bond acceptors (Lipinski definition) is 5. The standard InChI is InChI=1S/C22H20ClNO5/c1-12-4-5-15(8-13(12)2)14(3)24-21(26)11-28-22(27)20-10-18(25)17-9-16(23)6-7-19(17)29-20/h4-10,14H,11H2,1-3H3,(H,24,26)/t14-/m1/s1. The predicted molar refractivity (Wildman–Crippen MR) is 110 cm³/mol. The summed E-state index contributed by atoms with van der Waals surface area (Å²) in [6, 6.07) is 11.2. The van der Waals surface area contributed by atoms with Gasteiger partial charge in [-0.1, -0.05) is 29.8 Å². The SMILES string of the molecule is Cc1ccc([C@@H](C)NC(=O)COC(=O)c2cc(=O)c3cc(Cl)ccc3o2)cc1C. The van der Waals surface area contributed by atoms with Gasteiger partial charge in [-0.2, -0.15) is 0 Å². The molecule has 1 heterocycles. The molecule has 0 unspecified atom stereocenters. The minimum atomic E-state index is -0.895. The molecular weight excluding hydrogens is 394 g/mol. The Morgan fingerprint density at radius 3 is 2.59 bits per heavy atom. The van der Waals surface area contributed by atoms with Crippen molar-refractivity contribution in [1.82, 2.24) is 5.32 Å². The third kappa shape index (κ3) is 4.84. The molecule has 1 atom stereocenters. The van der Waals surface area contributed by atoms with Crippen molar-refractivity contribution in [3.05, 3.63) is 80.2 Å². The average Bonchev–Trinajstić information content (AvgIpc) is 2.68. The first-order chi connectivity index (χ1) is 13.7. The van der Waals surface area contributed by atoms with Crippen LogP contribution in [-0.2, 0) is 9.53 Å². The second-order valence-electron chi connectivity index (χ2n) is 6.82. The lowest BCUT2D eigenvalue weighted by Gasteiger charge is -2.15. The van der Waals surface area contributed by atoms with Crippen LogP contribution in [0.4, 0.5) is 0 Å².